The van der Waals surface area contributed by atoms with Gasteiger partial charge in [0.2, 0.25) is 11.8 Å². The zero-order chi connectivity index (χ0) is 41.0. The van der Waals surface area contributed by atoms with Gasteiger partial charge in [0.25, 0.3) is 0 Å². The molecule has 13 nitrogen and oxygen atoms in total. The molecular formula is C43H54BrN7O6. The highest BCUT2D eigenvalue weighted by Gasteiger charge is 2.39. The summed E-state index contributed by atoms with van der Waals surface area (Å²) in [5.41, 5.74) is 8.09. The fourth-order valence-electron chi connectivity index (χ4n) is 8.04. The van der Waals surface area contributed by atoms with Crippen LogP contribution in [0.25, 0.3) is 33.6 Å². The average molecular weight is 845 g/mol. The fourth-order valence-corrected chi connectivity index (χ4v) is 8.56. The summed E-state index contributed by atoms with van der Waals surface area (Å²) < 4.78 is 10.3. The number of nitrogens with zero attached hydrogens (tertiary/aromatic N) is 3. The molecule has 0 spiro atoms. The molecule has 0 unspecified atom stereocenters. The molecule has 2 aliphatic heterocycles. The first-order valence-corrected chi connectivity index (χ1v) is 20.6. The third-order valence-corrected chi connectivity index (χ3v) is 11.8. The van der Waals surface area contributed by atoms with E-state index in [4.69, 9.17) is 14.5 Å². The van der Waals surface area contributed by atoms with Gasteiger partial charge in [-0.15, -0.1) is 0 Å². The van der Waals surface area contributed by atoms with Crippen molar-refractivity contribution in [3.63, 3.8) is 0 Å². The molecule has 0 bridgehead atoms. The molecule has 2 aromatic carbocycles. The molecule has 4 heterocycles. The Bertz CT molecular complexity index is 2060. The number of amides is 4. The summed E-state index contributed by atoms with van der Waals surface area (Å²) in [6, 6.07) is 17.2. The molecule has 6 rings (SSSR count). The summed E-state index contributed by atoms with van der Waals surface area (Å²) in [5, 5.41) is 5.44. The Balaban J connectivity index is 1.16. The van der Waals surface area contributed by atoms with Crippen molar-refractivity contribution in [1.82, 2.24) is 35.4 Å². The summed E-state index contributed by atoms with van der Waals surface area (Å²) in [6.45, 7) is 11.0. The van der Waals surface area contributed by atoms with E-state index >= 15 is 0 Å². The number of halogens is 1. The van der Waals surface area contributed by atoms with Gasteiger partial charge in [0.15, 0.2) is 0 Å². The van der Waals surface area contributed by atoms with Gasteiger partial charge in [0, 0.05) is 30.0 Å². The SMILES string of the molecule is CCc1cc(-c2ccc(-c3ccc(-c4nc([C@@H]5CCCN5C(=O)[C@@H](NC(=O)OC)C(C)C)[nH]c4Br)cc3)cc2)[nH]c1[C@@H]1CCCN1C(=O)[C@@H](NC(=O)OC)C(C)C. The highest BCUT2D eigenvalue weighted by Crippen LogP contribution is 2.38. The van der Waals surface area contributed by atoms with E-state index < -0.39 is 24.3 Å². The van der Waals surface area contributed by atoms with E-state index in [1.165, 1.54) is 19.8 Å². The molecule has 4 atom stereocenters. The fraction of sp³-hybridized carbons (Fsp3) is 0.465. The normalized spacial score (nSPS) is 17.9. The van der Waals surface area contributed by atoms with Crippen LogP contribution in [0.4, 0.5) is 9.59 Å². The maximum Gasteiger partial charge on any atom is 0.407 e. The van der Waals surface area contributed by atoms with Crippen LogP contribution in [0.3, 0.4) is 0 Å². The number of rotatable bonds is 12. The molecule has 4 N–H and O–H groups in total. The number of ether oxygens (including phenoxy) is 2. The summed E-state index contributed by atoms with van der Waals surface area (Å²) in [4.78, 5) is 67.1. The van der Waals surface area contributed by atoms with Gasteiger partial charge < -0.3 is 39.9 Å². The maximum absolute atomic E-state index is 13.8. The lowest BCUT2D eigenvalue weighted by molar-refractivity contribution is -0.136. The third kappa shape index (κ3) is 8.90. The van der Waals surface area contributed by atoms with Crippen molar-refractivity contribution in [2.24, 2.45) is 11.8 Å². The number of nitrogens with one attached hydrogen (secondary N) is 4. The van der Waals surface area contributed by atoms with Crippen LogP contribution in [-0.2, 0) is 25.5 Å². The van der Waals surface area contributed by atoms with E-state index in [9.17, 15) is 19.2 Å². The van der Waals surface area contributed by atoms with Crippen LogP contribution in [0.15, 0.2) is 59.2 Å². The lowest BCUT2D eigenvalue weighted by Gasteiger charge is -2.31. The number of likely N-dealkylation sites (tertiary alicyclic amines) is 2. The Morgan fingerprint density at radius 1 is 0.754 bits per heavy atom. The molecule has 304 valence electrons. The summed E-state index contributed by atoms with van der Waals surface area (Å²) in [7, 11) is 2.59. The summed E-state index contributed by atoms with van der Waals surface area (Å²) in [5.74, 6) is 0.251. The molecule has 2 aliphatic rings. The number of aryl methyl sites for hydroxylation is 1. The number of aromatic amines is 2. The number of alkyl carbamates (subject to hydrolysis) is 2. The Morgan fingerprint density at radius 3 is 1.72 bits per heavy atom. The van der Waals surface area contributed by atoms with E-state index in [1.54, 1.807) is 4.90 Å². The van der Waals surface area contributed by atoms with Crippen molar-refractivity contribution in [2.45, 2.75) is 90.9 Å². The quantitative estimate of drug-likeness (QED) is 0.112. The first kappa shape index (κ1) is 41.5. The Labute approximate surface area is 342 Å². The Hall–Kier alpha value is -5.11. The standard InChI is InChI=1S/C43H54BrN7O6/c1-8-26-23-31(45-36(26)32-11-9-21-50(32)40(52)34(24(2)3)47-42(54)56-6)29-17-13-27(14-18-29)28-15-19-30(20-16-28)37-38(44)49-39(46-37)33-12-10-22-51(33)41(53)35(25(4)5)48-43(55)57-7/h13-20,23-25,32-35,45H,8-12,21-22H2,1-7H3,(H,46,49)(H,47,54)(H,48,55)/t32-,33-,34-,35-/m0/s1. The van der Waals surface area contributed by atoms with Gasteiger partial charge in [-0.1, -0.05) is 83.1 Å². The number of carbonyl (C=O) groups excluding carboxylic acids is 4. The molecule has 2 aromatic heterocycles. The van der Waals surface area contributed by atoms with Crippen molar-refractivity contribution < 1.29 is 28.7 Å². The maximum atomic E-state index is 13.8. The number of hydrogen-bond donors (Lipinski definition) is 4. The number of methoxy groups -OCH3 is 2. The highest BCUT2D eigenvalue weighted by atomic mass is 79.9. The smallest absolute Gasteiger partial charge is 0.407 e. The van der Waals surface area contributed by atoms with Crippen LogP contribution in [0, 0.1) is 11.8 Å². The molecule has 2 fully saturated rings. The van der Waals surface area contributed by atoms with Gasteiger partial charge in [-0.3, -0.25) is 9.59 Å². The van der Waals surface area contributed by atoms with Gasteiger partial charge in [-0.25, -0.2) is 14.6 Å². The number of H-pyrrole nitrogens is 2. The summed E-state index contributed by atoms with van der Waals surface area (Å²) >= 11 is 3.68. The minimum Gasteiger partial charge on any atom is -0.453 e. The second-order valence-electron chi connectivity index (χ2n) is 15.5. The molecule has 0 radical (unpaired) electrons. The molecular weight excluding hydrogens is 790 g/mol. The predicted octanol–water partition coefficient (Wildman–Crippen LogP) is 8.15. The van der Waals surface area contributed by atoms with Gasteiger partial charge >= 0.3 is 12.2 Å². The van der Waals surface area contributed by atoms with E-state index in [0.717, 1.165) is 76.0 Å². The van der Waals surface area contributed by atoms with Crippen molar-refractivity contribution in [2.75, 3.05) is 27.3 Å². The first-order valence-electron chi connectivity index (χ1n) is 19.8. The van der Waals surface area contributed by atoms with E-state index in [1.807, 2.05) is 44.7 Å². The van der Waals surface area contributed by atoms with Crippen molar-refractivity contribution in [3.05, 3.63) is 76.3 Å². The van der Waals surface area contributed by atoms with Crippen LogP contribution >= 0.6 is 15.9 Å². The molecule has 4 amide bonds. The highest BCUT2D eigenvalue weighted by molar-refractivity contribution is 9.10. The Morgan fingerprint density at radius 2 is 1.23 bits per heavy atom. The van der Waals surface area contributed by atoms with Gasteiger partial charge in [-0.2, -0.15) is 0 Å². The predicted molar refractivity (Wildman–Crippen MR) is 222 cm³/mol. The lowest BCUT2D eigenvalue weighted by atomic mass is 10.0. The minimum atomic E-state index is -0.700. The van der Waals surface area contributed by atoms with Crippen LogP contribution in [0.2, 0.25) is 0 Å². The van der Waals surface area contributed by atoms with Gasteiger partial charge in [0.1, 0.15) is 28.2 Å². The number of hydrogen-bond acceptors (Lipinski definition) is 7. The van der Waals surface area contributed by atoms with Crippen LogP contribution in [-0.4, -0.2) is 88.1 Å². The molecule has 2 saturated heterocycles. The lowest BCUT2D eigenvalue weighted by Crippen LogP contribution is -2.51. The second kappa shape index (κ2) is 18.0. The van der Waals surface area contributed by atoms with E-state index in [2.05, 4.69) is 85.9 Å². The molecule has 14 heteroatoms. The average Bonchev–Trinajstić information content (AvgIpc) is 4.04. The molecule has 0 aliphatic carbocycles. The Kier molecular flexibility index (Phi) is 13.1. The largest absolute Gasteiger partial charge is 0.453 e. The van der Waals surface area contributed by atoms with E-state index in [0.29, 0.717) is 18.9 Å². The van der Waals surface area contributed by atoms with Crippen LogP contribution < -0.4 is 10.6 Å². The monoisotopic (exact) mass is 843 g/mol. The first-order chi connectivity index (χ1) is 27.3. The van der Waals surface area contributed by atoms with Crippen molar-refractivity contribution >= 4 is 39.9 Å². The summed E-state index contributed by atoms with van der Waals surface area (Å²) in [6.07, 6.45) is 2.92. The third-order valence-electron chi connectivity index (χ3n) is 11.2. The zero-order valence-corrected chi connectivity index (χ0v) is 35.4. The number of carbonyl (C=O) groups is 4. The number of benzene rings is 2. The number of imidazole rings is 1. The van der Waals surface area contributed by atoms with Crippen LogP contribution in [0.1, 0.15) is 89.5 Å². The minimum absolute atomic E-state index is 0.0908. The van der Waals surface area contributed by atoms with Crippen molar-refractivity contribution in [1.29, 1.82) is 0 Å². The molecule has 0 saturated carbocycles. The van der Waals surface area contributed by atoms with Crippen LogP contribution in [0.5, 0.6) is 0 Å². The topological polar surface area (TPSA) is 162 Å². The van der Waals surface area contributed by atoms with Gasteiger partial charge in [-0.05, 0) is 88.2 Å². The zero-order valence-electron chi connectivity index (χ0n) is 33.8. The number of aromatic nitrogens is 3. The van der Waals surface area contributed by atoms with E-state index in [-0.39, 0.29) is 35.7 Å². The van der Waals surface area contributed by atoms with Gasteiger partial charge in [0.05, 0.1) is 26.3 Å². The van der Waals surface area contributed by atoms with Crippen molar-refractivity contribution in [3.8, 4) is 33.6 Å². The second-order valence-corrected chi connectivity index (χ2v) is 16.3. The molecule has 4 aromatic rings. The molecule has 57 heavy (non-hydrogen) atoms.